The van der Waals surface area contributed by atoms with E-state index >= 15 is 0 Å². The lowest BCUT2D eigenvalue weighted by atomic mass is 9.88. The molecule has 0 aliphatic carbocycles. The van der Waals surface area contributed by atoms with Gasteiger partial charge in [-0.05, 0) is 77.7 Å². The van der Waals surface area contributed by atoms with Gasteiger partial charge in [-0.2, -0.15) is 15.0 Å². The first-order valence-electron chi connectivity index (χ1n) is 25.6. The lowest BCUT2D eigenvalue weighted by molar-refractivity contribution is -0.649. The molecule has 0 fully saturated rings. The first-order chi connectivity index (χ1) is 36.5. The van der Waals surface area contributed by atoms with Crippen LogP contribution in [0.25, 0.3) is 99.9 Å². The lowest BCUT2D eigenvalue weighted by Gasteiger charge is -2.25. The molecule has 6 aromatic heterocycles. The molecule has 8 aromatic carbocycles. The molecule has 0 amide bonds. The normalized spacial score (nSPS) is 13.0. The number of fused-ring (bicyclic) bond motifs is 10. The second-order valence-electron chi connectivity index (χ2n) is 19.3. The van der Waals surface area contributed by atoms with Crippen LogP contribution in [0.4, 0.5) is 17.3 Å². The number of nitrogens with zero attached hydrogens (tertiary/aromatic N) is 10. The summed E-state index contributed by atoms with van der Waals surface area (Å²) in [4.78, 5) is 23.7. The zero-order valence-corrected chi connectivity index (χ0v) is 39.6. The summed E-state index contributed by atoms with van der Waals surface area (Å²) in [5.74, 6) is 2.01. The largest absolute Gasteiger partial charge is 0.319 e. The summed E-state index contributed by atoms with van der Waals surface area (Å²) in [7, 11) is 0. The number of hydrogen-bond acceptors (Lipinski definition) is 5. The number of hydrogen-bond donors (Lipinski definition) is 0. The Labute approximate surface area is 418 Å². The van der Waals surface area contributed by atoms with Crippen LogP contribution in [0.5, 0.6) is 0 Å². The summed E-state index contributed by atoms with van der Waals surface area (Å²) in [6.45, 7) is 4.18. The van der Waals surface area contributed by atoms with E-state index in [2.05, 4.69) is 173 Å². The number of rotatable bonds is 7. The monoisotopic (exact) mass is 933 g/mol. The van der Waals surface area contributed by atoms with Crippen LogP contribution in [0, 0.1) is 6.33 Å². The molecule has 72 heavy (non-hydrogen) atoms. The van der Waals surface area contributed by atoms with Gasteiger partial charge in [0.2, 0.25) is 24.2 Å². The minimum absolute atomic E-state index is 0.116. The van der Waals surface area contributed by atoms with Gasteiger partial charge in [-0.3, -0.25) is 18.6 Å². The van der Waals surface area contributed by atoms with Crippen LogP contribution in [-0.4, -0.2) is 38.2 Å². The summed E-state index contributed by atoms with van der Waals surface area (Å²) in [6, 6.07) is 68.1. The maximum Gasteiger partial charge on any atom is 0.244 e. The molecule has 0 bridgehead atoms. The van der Waals surface area contributed by atoms with Crippen molar-refractivity contribution in [3.05, 3.63) is 218 Å². The van der Waals surface area contributed by atoms with Gasteiger partial charge in [-0.1, -0.05) is 154 Å². The van der Waals surface area contributed by atoms with Crippen molar-refractivity contribution in [2.75, 3.05) is 4.90 Å². The number of imidazole rings is 1. The summed E-state index contributed by atoms with van der Waals surface area (Å²) < 4.78 is 34.9. The highest BCUT2D eigenvalue weighted by molar-refractivity contribution is 6.12. The molecule has 0 aliphatic heterocycles. The summed E-state index contributed by atoms with van der Waals surface area (Å²) >= 11 is 0. The van der Waals surface area contributed by atoms with Crippen molar-refractivity contribution in [2.24, 2.45) is 6.98 Å². The average molecular weight is 934 g/mol. The number of aryl methyl sites for hydroxylation is 1. The quantitative estimate of drug-likeness (QED) is 0.117. The molecule has 6 heterocycles. The number of aromatic nitrogens is 9. The van der Waals surface area contributed by atoms with Crippen molar-refractivity contribution in [1.82, 2.24) is 38.2 Å². The Morgan fingerprint density at radius 3 is 1.53 bits per heavy atom. The van der Waals surface area contributed by atoms with Crippen LogP contribution in [-0.2, 0) is 12.4 Å². The van der Waals surface area contributed by atoms with Crippen LogP contribution in [0.3, 0.4) is 0 Å². The molecular formula is C62H46N10. The average Bonchev–Trinajstić information content (AvgIpc) is 4.18. The van der Waals surface area contributed by atoms with Crippen LogP contribution >= 0.6 is 0 Å². The van der Waals surface area contributed by atoms with Crippen LogP contribution < -0.4 is 9.47 Å². The van der Waals surface area contributed by atoms with Crippen molar-refractivity contribution in [2.45, 2.75) is 26.2 Å². The van der Waals surface area contributed by atoms with Crippen molar-refractivity contribution in [1.29, 1.82) is 0 Å². The van der Waals surface area contributed by atoms with E-state index in [9.17, 15) is 0 Å². The van der Waals surface area contributed by atoms with Gasteiger partial charge in [0.1, 0.15) is 5.82 Å². The standard InChI is InChI=1S/C62H46N10/c1-62(2,3)40-34-35-63-58(36-40)70-50-25-10-5-24-48(50)49-33-32-43(38-57(49)70)69(42-19-17-18-41(37-42)68-39-67(4)55-30-15-16-31-56(55)68)59-64-60(71-51-26-11-6-20-44(51)45-21-7-12-27-52(45)71)66-61(65-59)72-53-28-13-8-22-46(53)47-23-9-14-29-54(47)72/h5-38H,1-4H3/i4D3. The zero-order chi connectivity index (χ0) is 50.7. The van der Waals surface area contributed by atoms with Gasteiger partial charge >= 0.3 is 0 Å². The van der Waals surface area contributed by atoms with Gasteiger partial charge in [0.25, 0.3) is 0 Å². The third-order valence-electron chi connectivity index (χ3n) is 14.0. The first kappa shape index (κ1) is 38.4. The predicted octanol–water partition coefficient (Wildman–Crippen LogP) is 13.9. The molecule has 14 rings (SSSR count). The van der Waals surface area contributed by atoms with E-state index in [0.29, 0.717) is 40.3 Å². The topological polar surface area (TPSA) is 78.4 Å². The minimum Gasteiger partial charge on any atom is -0.319 e. The van der Waals surface area contributed by atoms with E-state index in [1.54, 1.807) is 4.57 Å². The summed E-state index contributed by atoms with van der Waals surface area (Å²) in [6.07, 6.45) is 5.08. The van der Waals surface area contributed by atoms with Crippen molar-refractivity contribution in [3.8, 4) is 23.4 Å². The van der Waals surface area contributed by atoms with Gasteiger partial charge in [-0.15, -0.1) is 0 Å². The Kier molecular flexibility index (Phi) is 8.44. The Morgan fingerprint density at radius 1 is 0.472 bits per heavy atom. The van der Waals surface area contributed by atoms with E-state index < -0.39 is 6.98 Å². The molecule has 0 saturated heterocycles. The summed E-state index contributed by atoms with van der Waals surface area (Å²) in [5, 5.41) is 6.45. The lowest BCUT2D eigenvalue weighted by Crippen LogP contribution is -2.26. The molecule has 14 aromatic rings. The second-order valence-corrected chi connectivity index (χ2v) is 19.3. The number of pyridine rings is 1. The third kappa shape index (κ3) is 6.38. The molecule has 10 heteroatoms. The maximum atomic E-state index is 8.46. The molecule has 344 valence electrons. The van der Waals surface area contributed by atoms with Gasteiger partial charge in [0, 0.05) is 44.2 Å². The number of para-hydroxylation sites is 7. The molecule has 0 unspecified atom stereocenters. The zero-order valence-electron chi connectivity index (χ0n) is 42.6. The minimum atomic E-state index is -2.47. The Bertz CT molecular complexity index is 4370. The fraction of sp³-hybridized carbons (Fsp3) is 0.0806. The fourth-order valence-electron chi connectivity index (χ4n) is 10.7. The van der Waals surface area contributed by atoms with E-state index in [0.717, 1.165) is 76.9 Å². The van der Waals surface area contributed by atoms with Crippen LogP contribution in [0.2, 0.25) is 0 Å². The molecule has 0 N–H and O–H groups in total. The predicted molar refractivity (Wildman–Crippen MR) is 291 cm³/mol. The molecular weight excluding hydrogens is 885 g/mol. The van der Waals surface area contributed by atoms with Gasteiger partial charge in [-0.25, -0.2) is 4.98 Å². The Hall–Kier alpha value is -9.41. The molecule has 0 aliphatic rings. The SMILES string of the molecule is [2H]C([2H])([2H])[n+]1[c-]n(-c2cccc(N(c3ccc4c5ccccc5n(-c5cc(C(C)(C)C)ccn5)c4c3)c3nc(-n4c5ccccc5c5ccccc54)nc(-n4c5ccccc5c5ccccc54)n3)c2)c2ccccc21. The van der Waals surface area contributed by atoms with E-state index in [-0.39, 0.29) is 5.41 Å². The van der Waals surface area contributed by atoms with Crippen molar-refractivity contribution >= 4 is 93.8 Å². The van der Waals surface area contributed by atoms with Crippen molar-refractivity contribution < 1.29 is 8.68 Å². The highest BCUT2D eigenvalue weighted by Gasteiger charge is 2.26. The number of benzene rings is 8. The molecule has 0 radical (unpaired) electrons. The van der Waals surface area contributed by atoms with Crippen molar-refractivity contribution in [3.63, 3.8) is 0 Å². The highest BCUT2D eigenvalue weighted by atomic mass is 15.4. The summed E-state index contributed by atoms with van der Waals surface area (Å²) in [5.41, 5.74) is 10.2. The first-order valence-corrected chi connectivity index (χ1v) is 24.1. The molecule has 0 spiro atoms. The Balaban J connectivity index is 1.09. The maximum absolute atomic E-state index is 8.46. The van der Waals surface area contributed by atoms with E-state index in [4.69, 9.17) is 24.0 Å². The van der Waals surface area contributed by atoms with Crippen LogP contribution in [0.15, 0.2) is 206 Å². The second kappa shape index (κ2) is 15.8. The van der Waals surface area contributed by atoms with Gasteiger partial charge in [0.15, 0.2) is 0 Å². The molecule has 0 saturated carbocycles. The third-order valence-corrected chi connectivity index (χ3v) is 14.0. The van der Waals surface area contributed by atoms with E-state index in [1.807, 2.05) is 79.0 Å². The highest BCUT2D eigenvalue weighted by Crippen LogP contribution is 2.41. The van der Waals surface area contributed by atoms with Gasteiger partial charge in [0.05, 0.1) is 66.6 Å². The molecule has 10 nitrogen and oxygen atoms in total. The molecule has 0 atom stereocenters. The van der Waals surface area contributed by atoms with Crippen LogP contribution in [0.1, 0.15) is 30.4 Å². The van der Waals surface area contributed by atoms with Gasteiger partial charge < -0.3 is 9.13 Å². The smallest absolute Gasteiger partial charge is 0.244 e. The Morgan fingerprint density at radius 2 is 0.972 bits per heavy atom. The fourth-order valence-corrected chi connectivity index (χ4v) is 10.7. The number of anilines is 3. The van der Waals surface area contributed by atoms with E-state index in [1.165, 1.54) is 10.1 Å².